The molecule has 0 saturated carbocycles. The van der Waals surface area contributed by atoms with Crippen molar-refractivity contribution in [2.75, 3.05) is 13.2 Å². The topological polar surface area (TPSA) is 124 Å². The Bertz CT molecular complexity index is 2400. The fourth-order valence-corrected chi connectivity index (χ4v) is 10.2. The van der Waals surface area contributed by atoms with Gasteiger partial charge in [-0.3, -0.25) is 0 Å². The molecule has 2 N–H and O–H groups in total. The molecule has 11 nitrogen and oxygen atoms in total. The Morgan fingerprint density at radius 3 is 1.27 bits per heavy atom. The second kappa shape index (κ2) is 26.2. The first-order valence-electron chi connectivity index (χ1n) is 24.8. The molecule has 2 aliphatic rings. The molecule has 71 heavy (non-hydrogen) atoms. The van der Waals surface area contributed by atoms with Crippen LogP contribution in [0.15, 0.2) is 182 Å². The van der Waals surface area contributed by atoms with Crippen LogP contribution >= 0.6 is 0 Å². The minimum atomic E-state index is -1.81. The molecule has 2 aliphatic heterocycles. The molecule has 0 spiro atoms. The fraction of sp³-hybridized carbons (Fsp3) is 0.390. The van der Waals surface area contributed by atoms with Crippen molar-refractivity contribution in [3.8, 4) is 0 Å². The normalized spacial score (nSPS) is 25.7. The standard InChI is InChI=1S/C59H70O11Si/c1-71(2,3)35-34-59(67-41-49-32-20-9-21-33-49)56(66-40-48-30-18-8-19-31-48)54(51(69-58(59)61)43-63-37-45-24-12-5-13-25-45)70-57-55(65-39-47-28-16-7-17-29-47)52(60)53(64-38-46-26-14-6-15-27-46)50(68-57)42-62-36-44-22-10-4-11-23-44/h4-33,50-58,60-61H,34-43H2,1-3H3/t50-,51-,52+,53+,54+,55-,56+,57-,58-,59-/m1/s1. The summed E-state index contributed by atoms with van der Waals surface area (Å²) in [4.78, 5) is 0. The number of rotatable bonds is 25. The maximum atomic E-state index is 12.7. The number of aliphatic hydroxyl groups is 2. The zero-order chi connectivity index (χ0) is 49.3. The molecule has 0 aromatic heterocycles. The van der Waals surface area contributed by atoms with Gasteiger partial charge in [0.25, 0.3) is 0 Å². The molecule has 0 amide bonds. The van der Waals surface area contributed by atoms with Crippen LogP contribution in [0.1, 0.15) is 39.8 Å². The lowest BCUT2D eigenvalue weighted by Crippen LogP contribution is -2.71. The predicted octanol–water partition coefficient (Wildman–Crippen LogP) is 10.0. The van der Waals surface area contributed by atoms with Gasteiger partial charge in [-0.1, -0.05) is 208 Å². The van der Waals surface area contributed by atoms with Gasteiger partial charge in [0.15, 0.2) is 12.6 Å². The second-order valence-corrected chi connectivity index (χ2v) is 25.3. The third-order valence-corrected chi connectivity index (χ3v) is 14.8. The van der Waals surface area contributed by atoms with E-state index in [0.29, 0.717) is 13.0 Å². The number of hydrogen-bond donors (Lipinski definition) is 2. The Hall–Kier alpha value is -4.90. The van der Waals surface area contributed by atoms with E-state index in [9.17, 15) is 10.2 Å². The number of benzene rings is 6. The molecule has 6 aromatic rings. The van der Waals surface area contributed by atoms with Crippen LogP contribution in [0.5, 0.6) is 0 Å². The maximum Gasteiger partial charge on any atom is 0.187 e. The lowest BCUT2D eigenvalue weighted by Gasteiger charge is -2.54. The smallest absolute Gasteiger partial charge is 0.187 e. The second-order valence-electron chi connectivity index (χ2n) is 19.7. The van der Waals surface area contributed by atoms with Crippen LogP contribution in [0.3, 0.4) is 0 Å². The molecule has 0 unspecified atom stereocenters. The molecule has 10 atom stereocenters. The average molecular weight is 983 g/mol. The Kier molecular flexibility index (Phi) is 19.3. The molecule has 2 fully saturated rings. The predicted molar refractivity (Wildman–Crippen MR) is 274 cm³/mol. The molecular weight excluding hydrogens is 913 g/mol. The Morgan fingerprint density at radius 2 is 0.831 bits per heavy atom. The summed E-state index contributed by atoms with van der Waals surface area (Å²) >= 11 is 0. The first-order chi connectivity index (χ1) is 34.6. The van der Waals surface area contributed by atoms with E-state index < -0.39 is 69.0 Å². The third kappa shape index (κ3) is 15.1. The van der Waals surface area contributed by atoms with Crippen molar-refractivity contribution in [1.82, 2.24) is 0 Å². The summed E-state index contributed by atoms with van der Waals surface area (Å²) in [6.07, 6.45) is -9.23. The summed E-state index contributed by atoms with van der Waals surface area (Å²) in [5.74, 6) is 0. The van der Waals surface area contributed by atoms with Gasteiger partial charge < -0.3 is 52.8 Å². The van der Waals surface area contributed by atoms with Crippen LogP contribution in [-0.2, 0) is 82.3 Å². The fourth-order valence-electron chi connectivity index (χ4n) is 9.06. The SMILES string of the molecule is C[Si](C)(C)CC[C@]1(OCc2ccccc2)[C@H](O)O[C@H](COCc2ccccc2)[C@H](O[C@H]2O[C@H](COCc3ccccc3)[C@H](OCc3ccccc3)[C@H](O)[C@H]2OCc2ccccc2)[C@@H]1OCc1ccccc1. The first kappa shape index (κ1) is 52.4. The van der Waals surface area contributed by atoms with Gasteiger partial charge >= 0.3 is 0 Å². The van der Waals surface area contributed by atoms with Crippen LogP contribution < -0.4 is 0 Å². The molecule has 0 aliphatic carbocycles. The highest BCUT2D eigenvalue weighted by Gasteiger charge is 2.60. The third-order valence-electron chi connectivity index (χ3n) is 13.0. The van der Waals surface area contributed by atoms with E-state index in [1.54, 1.807) is 0 Å². The van der Waals surface area contributed by atoms with Crippen molar-refractivity contribution < 1.29 is 52.8 Å². The molecule has 0 bridgehead atoms. The van der Waals surface area contributed by atoms with Crippen molar-refractivity contribution in [3.63, 3.8) is 0 Å². The van der Waals surface area contributed by atoms with Crippen molar-refractivity contribution in [1.29, 1.82) is 0 Å². The number of hydrogen-bond acceptors (Lipinski definition) is 11. The van der Waals surface area contributed by atoms with Gasteiger partial charge in [0.05, 0.1) is 52.9 Å². The highest BCUT2D eigenvalue weighted by molar-refractivity contribution is 6.76. The average Bonchev–Trinajstić information content (AvgIpc) is 3.39. The zero-order valence-corrected chi connectivity index (χ0v) is 42.2. The van der Waals surface area contributed by atoms with E-state index >= 15 is 0 Å². The van der Waals surface area contributed by atoms with Gasteiger partial charge in [-0.15, -0.1) is 0 Å². The number of aliphatic hydroxyl groups excluding tert-OH is 2. The summed E-state index contributed by atoms with van der Waals surface area (Å²) in [7, 11) is -1.81. The molecule has 6 aromatic carbocycles. The van der Waals surface area contributed by atoms with E-state index in [4.69, 9.17) is 42.6 Å². The van der Waals surface area contributed by atoms with Gasteiger partial charge in [-0.2, -0.15) is 0 Å². The lowest BCUT2D eigenvalue weighted by molar-refractivity contribution is -0.392. The molecule has 2 saturated heterocycles. The van der Waals surface area contributed by atoms with Crippen molar-refractivity contribution >= 4 is 8.07 Å². The van der Waals surface area contributed by atoms with Crippen LogP contribution in [0, 0.1) is 0 Å². The van der Waals surface area contributed by atoms with Crippen molar-refractivity contribution in [3.05, 3.63) is 215 Å². The first-order valence-corrected chi connectivity index (χ1v) is 28.5. The molecule has 12 heteroatoms. The van der Waals surface area contributed by atoms with Gasteiger partial charge in [0.2, 0.25) is 0 Å². The largest absolute Gasteiger partial charge is 0.387 e. The maximum absolute atomic E-state index is 12.7. The summed E-state index contributed by atoms with van der Waals surface area (Å²) in [6.45, 7) is 8.26. The monoisotopic (exact) mass is 982 g/mol. The molecule has 8 rings (SSSR count). The molecular formula is C59H70O11Si. The van der Waals surface area contributed by atoms with Crippen LogP contribution in [-0.4, -0.2) is 92.4 Å². The molecule has 376 valence electrons. The quantitative estimate of drug-likeness (QED) is 0.0533. The zero-order valence-electron chi connectivity index (χ0n) is 41.2. The molecule has 0 radical (unpaired) electrons. The van der Waals surface area contributed by atoms with E-state index in [0.717, 1.165) is 39.4 Å². The highest BCUT2D eigenvalue weighted by atomic mass is 28.3. The summed E-state index contributed by atoms with van der Waals surface area (Å²) in [6, 6.07) is 60.0. The Morgan fingerprint density at radius 1 is 0.451 bits per heavy atom. The van der Waals surface area contributed by atoms with Gasteiger partial charge in [-0.05, 0) is 39.8 Å². The summed E-state index contributed by atoms with van der Waals surface area (Å²) < 4.78 is 61.7. The van der Waals surface area contributed by atoms with E-state index in [-0.39, 0.29) is 46.2 Å². The highest BCUT2D eigenvalue weighted by Crippen LogP contribution is 2.43. The van der Waals surface area contributed by atoms with E-state index in [1.165, 1.54) is 0 Å². The minimum Gasteiger partial charge on any atom is -0.387 e. The summed E-state index contributed by atoms with van der Waals surface area (Å²) in [5.41, 5.74) is 4.20. The summed E-state index contributed by atoms with van der Waals surface area (Å²) in [5, 5.41) is 25.4. The van der Waals surface area contributed by atoms with Gasteiger partial charge in [-0.25, -0.2) is 0 Å². The van der Waals surface area contributed by atoms with Gasteiger partial charge in [0.1, 0.15) is 48.3 Å². The number of ether oxygens (including phenoxy) is 9. The Balaban J connectivity index is 1.19. The van der Waals surface area contributed by atoms with Crippen molar-refractivity contribution in [2.45, 2.75) is 133 Å². The van der Waals surface area contributed by atoms with Crippen LogP contribution in [0.25, 0.3) is 0 Å². The lowest BCUT2D eigenvalue weighted by atomic mass is 9.83. The van der Waals surface area contributed by atoms with Crippen LogP contribution in [0.4, 0.5) is 0 Å². The van der Waals surface area contributed by atoms with E-state index in [1.807, 2.05) is 182 Å². The Labute approximate surface area is 420 Å². The van der Waals surface area contributed by atoms with E-state index in [2.05, 4.69) is 19.6 Å². The molecule has 2 heterocycles. The van der Waals surface area contributed by atoms with Crippen LogP contribution in [0.2, 0.25) is 25.7 Å². The minimum absolute atomic E-state index is 0.0157. The van der Waals surface area contributed by atoms with Gasteiger partial charge in [0, 0.05) is 8.07 Å². The van der Waals surface area contributed by atoms with Crippen molar-refractivity contribution in [2.24, 2.45) is 0 Å².